The lowest BCUT2D eigenvalue weighted by Gasteiger charge is -2.21. The van der Waals surface area contributed by atoms with Crippen molar-refractivity contribution in [1.29, 1.82) is 0 Å². The predicted molar refractivity (Wildman–Crippen MR) is 86.8 cm³/mol. The standard InChI is InChI=1S/C15H27N5O/c1-7-16-11(21)9-18-13-10(3)12(17-8-2)19-14(20-13)15(4,5)6/h7-9H2,1-6H3,(H,16,21)(H2,17,18,19,20). The van der Waals surface area contributed by atoms with Crippen molar-refractivity contribution in [2.24, 2.45) is 0 Å². The minimum atomic E-state index is -0.153. The van der Waals surface area contributed by atoms with Crippen LogP contribution in [0.4, 0.5) is 11.6 Å². The van der Waals surface area contributed by atoms with Gasteiger partial charge in [0.05, 0.1) is 6.54 Å². The van der Waals surface area contributed by atoms with Crippen LogP contribution in [0.3, 0.4) is 0 Å². The molecule has 0 bridgehead atoms. The number of rotatable bonds is 6. The third-order valence-electron chi connectivity index (χ3n) is 2.95. The molecule has 21 heavy (non-hydrogen) atoms. The highest BCUT2D eigenvalue weighted by Crippen LogP contribution is 2.26. The molecule has 6 heteroatoms. The average molecular weight is 293 g/mol. The fraction of sp³-hybridized carbons (Fsp3) is 0.667. The second-order valence-corrected chi connectivity index (χ2v) is 5.96. The first-order valence-electron chi connectivity index (χ1n) is 7.43. The van der Waals surface area contributed by atoms with Crippen molar-refractivity contribution >= 4 is 17.5 Å². The molecule has 118 valence electrons. The van der Waals surface area contributed by atoms with Crippen molar-refractivity contribution in [2.45, 2.75) is 47.0 Å². The first-order chi connectivity index (χ1) is 9.79. The largest absolute Gasteiger partial charge is 0.370 e. The summed E-state index contributed by atoms with van der Waals surface area (Å²) in [5.41, 5.74) is 0.772. The molecular formula is C15H27N5O. The highest BCUT2D eigenvalue weighted by Gasteiger charge is 2.21. The quantitative estimate of drug-likeness (QED) is 0.748. The van der Waals surface area contributed by atoms with E-state index in [0.717, 1.165) is 23.8 Å². The fourth-order valence-electron chi connectivity index (χ4n) is 1.79. The number of carbonyl (C=O) groups excluding carboxylic acids is 1. The van der Waals surface area contributed by atoms with E-state index in [1.165, 1.54) is 0 Å². The van der Waals surface area contributed by atoms with Crippen LogP contribution in [0.1, 0.15) is 46.0 Å². The maximum absolute atomic E-state index is 11.6. The number of likely N-dealkylation sites (N-methyl/N-ethyl adjacent to an activating group) is 1. The zero-order valence-corrected chi connectivity index (χ0v) is 13.9. The Balaban J connectivity index is 3.05. The van der Waals surface area contributed by atoms with Crippen LogP contribution in [-0.4, -0.2) is 35.5 Å². The van der Waals surface area contributed by atoms with Crippen LogP contribution in [0.25, 0.3) is 0 Å². The molecule has 1 amide bonds. The lowest BCUT2D eigenvalue weighted by atomic mass is 9.95. The van der Waals surface area contributed by atoms with Crippen LogP contribution in [0.2, 0.25) is 0 Å². The van der Waals surface area contributed by atoms with E-state index in [4.69, 9.17) is 0 Å². The van der Waals surface area contributed by atoms with Crippen molar-refractivity contribution in [2.75, 3.05) is 30.3 Å². The number of hydrogen-bond acceptors (Lipinski definition) is 5. The van der Waals surface area contributed by atoms with Crippen LogP contribution in [0.5, 0.6) is 0 Å². The predicted octanol–water partition coefficient (Wildman–Crippen LogP) is 2.06. The number of carbonyl (C=O) groups is 1. The normalized spacial score (nSPS) is 11.1. The van der Waals surface area contributed by atoms with Crippen molar-refractivity contribution in [3.05, 3.63) is 11.4 Å². The van der Waals surface area contributed by atoms with E-state index in [0.29, 0.717) is 12.4 Å². The highest BCUT2D eigenvalue weighted by molar-refractivity contribution is 5.80. The summed E-state index contributed by atoms with van der Waals surface area (Å²) in [6.07, 6.45) is 0. The Morgan fingerprint density at radius 2 is 1.62 bits per heavy atom. The molecule has 0 saturated heterocycles. The maximum atomic E-state index is 11.6. The number of nitrogens with one attached hydrogen (secondary N) is 3. The first kappa shape index (κ1) is 17.2. The van der Waals surface area contributed by atoms with Gasteiger partial charge >= 0.3 is 0 Å². The molecule has 3 N–H and O–H groups in total. The van der Waals surface area contributed by atoms with E-state index >= 15 is 0 Å². The van der Waals surface area contributed by atoms with Gasteiger partial charge in [-0.1, -0.05) is 20.8 Å². The molecule has 0 aromatic carbocycles. The van der Waals surface area contributed by atoms with Crippen molar-refractivity contribution in [1.82, 2.24) is 15.3 Å². The topological polar surface area (TPSA) is 78.9 Å². The molecule has 1 aromatic rings. The molecule has 0 aliphatic carbocycles. The summed E-state index contributed by atoms with van der Waals surface area (Å²) in [5.74, 6) is 2.23. The van der Waals surface area contributed by atoms with E-state index in [9.17, 15) is 4.79 Å². The Bertz CT molecular complexity index is 494. The molecule has 0 fully saturated rings. The summed E-state index contributed by atoms with van der Waals surface area (Å²) in [6, 6.07) is 0. The maximum Gasteiger partial charge on any atom is 0.239 e. The van der Waals surface area contributed by atoms with Crippen LogP contribution in [0, 0.1) is 6.92 Å². The van der Waals surface area contributed by atoms with Crippen molar-refractivity contribution in [3.63, 3.8) is 0 Å². The van der Waals surface area contributed by atoms with E-state index in [-0.39, 0.29) is 17.9 Å². The number of anilines is 2. The summed E-state index contributed by atoms with van der Waals surface area (Å²) in [5, 5.41) is 9.11. The summed E-state index contributed by atoms with van der Waals surface area (Å²) >= 11 is 0. The molecule has 0 aliphatic heterocycles. The van der Waals surface area contributed by atoms with Crippen molar-refractivity contribution in [3.8, 4) is 0 Å². The smallest absolute Gasteiger partial charge is 0.239 e. The third-order valence-corrected chi connectivity index (χ3v) is 2.95. The van der Waals surface area contributed by atoms with Gasteiger partial charge in [0.25, 0.3) is 0 Å². The van der Waals surface area contributed by atoms with Gasteiger partial charge in [-0.05, 0) is 20.8 Å². The SMILES string of the molecule is CCNC(=O)CNc1nc(C(C)(C)C)nc(NCC)c1C. The lowest BCUT2D eigenvalue weighted by molar-refractivity contribution is -0.119. The Hall–Kier alpha value is -1.85. The minimum Gasteiger partial charge on any atom is -0.370 e. The minimum absolute atomic E-state index is 0.0437. The average Bonchev–Trinajstić information content (AvgIpc) is 2.39. The molecule has 6 nitrogen and oxygen atoms in total. The molecule has 1 aromatic heterocycles. The number of amides is 1. The van der Waals surface area contributed by atoms with Crippen molar-refractivity contribution < 1.29 is 4.79 Å². The molecule has 0 aliphatic rings. The van der Waals surface area contributed by atoms with Gasteiger partial charge in [-0.25, -0.2) is 9.97 Å². The molecule has 1 heterocycles. The summed E-state index contributed by atoms with van der Waals surface area (Å²) < 4.78 is 0. The van der Waals surface area contributed by atoms with Crippen LogP contribution in [-0.2, 0) is 10.2 Å². The number of hydrogen-bond donors (Lipinski definition) is 3. The summed E-state index contributed by atoms with van der Waals surface area (Å²) in [4.78, 5) is 20.8. The van der Waals surface area contributed by atoms with E-state index < -0.39 is 0 Å². The fourth-order valence-corrected chi connectivity index (χ4v) is 1.79. The second kappa shape index (κ2) is 7.24. The van der Waals surface area contributed by atoms with Gasteiger partial charge in [0.2, 0.25) is 5.91 Å². The molecule has 0 radical (unpaired) electrons. The Morgan fingerprint density at radius 3 is 2.10 bits per heavy atom. The molecule has 0 unspecified atom stereocenters. The summed E-state index contributed by atoms with van der Waals surface area (Å²) in [7, 11) is 0. The van der Waals surface area contributed by atoms with Gasteiger partial charge in [-0.2, -0.15) is 0 Å². The molecule has 1 rings (SSSR count). The zero-order valence-electron chi connectivity index (χ0n) is 13.9. The summed E-state index contributed by atoms with van der Waals surface area (Å²) in [6.45, 7) is 13.7. The Labute approximate surface area is 127 Å². The molecule has 0 saturated carbocycles. The number of nitrogens with zero attached hydrogens (tertiary/aromatic N) is 2. The van der Waals surface area contributed by atoms with Gasteiger partial charge in [0.1, 0.15) is 17.5 Å². The Kier molecular flexibility index (Phi) is 5.93. The van der Waals surface area contributed by atoms with E-state index in [2.05, 4.69) is 46.7 Å². The zero-order chi connectivity index (χ0) is 16.0. The molecular weight excluding hydrogens is 266 g/mol. The number of aromatic nitrogens is 2. The van der Waals surface area contributed by atoms with Crippen LogP contribution < -0.4 is 16.0 Å². The van der Waals surface area contributed by atoms with Gasteiger partial charge in [0.15, 0.2) is 0 Å². The van der Waals surface area contributed by atoms with Gasteiger partial charge in [-0.15, -0.1) is 0 Å². The van der Waals surface area contributed by atoms with Gasteiger partial charge in [-0.3, -0.25) is 4.79 Å². The third kappa shape index (κ3) is 4.88. The molecule has 0 atom stereocenters. The lowest BCUT2D eigenvalue weighted by Crippen LogP contribution is -2.30. The first-order valence-corrected chi connectivity index (χ1v) is 7.43. The van der Waals surface area contributed by atoms with Gasteiger partial charge in [0, 0.05) is 24.1 Å². The Morgan fingerprint density at radius 1 is 1.05 bits per heavy atom. The van der Waals surface area contributed by atoms with Crippen LogP contribution >= 0.6 is 0 Å². The monoisotopic (exact) mass is 293 g/mol. The van der Waals surface area contributed by atoms with Crippen LogP contribution in [0.15, 0.2) is 0 Å². The van der Waals surface area contributed by atoms with E-state index in [1.54, 1.807) is 0 Å². The highest BCUT2D eigenvalue weighted by atomic mass is 16.1. The van der Waals surface area contributed by atoms with Gasteiger partial charge < -0.3 is 16.0 Å². The second-order valence-electron chi connectivity index (χ2n) is 5.96. The van der Waals surface area contributed by atoms with E-state index in [1.807, 2.05) is 20.8 Å². The molecule has 0 spiro atoms.